The molecule has 5 heteroatoms. The summed E-state index contributed by atoms with van der Waals surface area (Å²) in [6.45, 7) is 5.16. The summed E-state index contributed by atoms with van der Waals surface area (Å²) in [4.78, 5) is 6.61. The van der Waals surface area contributed by atoms with E-state index in [0.717, 1.165) is 19.0 Å². The van der Waals surface area contributed by atoms with Crippen molar-refractivity contribution in [1.29, 1.82) is 0 Å². The van der Waals surface area contributed by atoms with Gasteiger partial charge in [0, 0.05) is 39.4 Å². The van der Waals surface area contributed by atoms with Gasteiger partial charge in [0.15, 0.2) is 5.96 Å². The van der Waals surface area contributed by atoms with E-state index < -0.39 is 0 Å². The first-order valence-corrected chi connectivity index (χ1v) is 8.02. The number of fused-ring (bicyclic) bond motifs is 1. The van der Waals surface area contributed by atoms with Crippen LogP contribution in [0.2, 0.25) is 0 Å². The zero-order chi connectivity index (χ0) is 15.1. The third kappa shape index (κ3) is 5.34. The van der Waals surface area contributed by atoms with Crippen molar-refractivity contribution in [3.8, 4) is 0 Å². The van der Waals surface area contributed by atoms with Crippen LogP contribution >= 0.6 is 24.0 Å². The molecule has 4 nitrogen and oxygen atoms in total. The average Bonchev–Trinajstić information content (AvgIpc) is 2.51. The van der Waals surface area contributed by atoms with Crippen LogP contribution in [0.1, 0.15) is 37.3 Å². The van der Waals surface area contributed by atoms with Crippen molar-refractivity contribution in [3.63, 3.8) is 0 Å². The van der Waals surface area contributed by atoms with Gasteiger partial charge in [-0.1, -0.05) is 25.5 Å². The van der Waals surface area contributed by atoms with Gasteiger partial charge in [-0.05, 0) is 36.5 Å². The van der Waals surface area contributed by atoms with Gasteiger partial charge >= 0.3 is 0 Å². The summed E-state index contributed by atoms with van der Waals surface area (Å²) in [5.41, 5.74) is 4.18. The second kappa shape index (κ2) is 9.92. The van der Waals surface area contributed by atoms with Crippen LogP contribution < -0.4 is 15.5 Å². The maximum Gasteiger partial charge on any atom is 0.191 e. The van der Waals surface area contributed by atoms with Crippen LogP contribution in [0, 0.1) is 0 Å². The van der Waals surface area contributed by atoms with Gasteiger partial charge in [-0.3, -0.25) is 4.99 Å². The summed E-state index contributed by atoms with van der Waals surface area (Å²) in [5.74, 6) is 0.887. The molecule has 1 aromatic carbocycles. The average molecular weight is 416 g/mol. The number of unbranched alkanes of at least 4 members (excludes halogenated alkanes) is 1. The van der Waals surface area contributed by atoms with Crippen molar-refractivity contribution in [2.45, 2.75) is 39.2 Å². The third-order valence-corrected chi connectivity index (χ3v) is 4.00. The van der Waals surface area contributed by atoms with Gasteiger partial charge in [-0.25, -0.2) is 0 Å². The van der Waals surface area contributed by atoms with Crippen molar-refractivity contribution < 1.29 is 0 Å². The van der Waals surface area contributed by atoms with Crippen LogP contribution in [0.25, 0.3) is 0 Å². The maximum absolute atomic E-state index is 4.26. The molecule has 1 aliphatic rings. The quantitative estimate of drug-likeness (QED) is 0.335. The summed E-state index contributed by atoms with van der Waals surface area (Å²) < 4.78 is 0. The number of hydrogen-bond acceptors (Lipinski definition) is 2. The number of halogens is 1. The third-order valence-electron chi connectivity index (χ3n) is 4.00. The van der Waals surface area contributed by atoms with Gasteiger partial charge in [0.25, 0.3) is 0 Å². The Hall–Kier alpha value is -0.980. The van der Waals surface area contributed by atoms with Crippen LogP contribution in [-0.4, -0.2) is 33.1 Å². The molecule has 1 aliphatic heterocycles. The monoisotopic (exact) mass is 416 g/mol. The standard InChI is InChI=1S/C17H28N4.HI/c1-4-5-10-19-17(18-2)20-13-14-8-9-16-15(12-14)7-6-11-21(16)3;/h8-9,12H,4-7,10-11,13H2,1-3H3,(H2,18,19,20);1H. The highest BCUT2D eigenvalue weighted by Crippen LogP contribution is 2.26. The van der Waals surface area contributed by atoms with Crippen molar-refractivity contribution >= 4 is 35.6 Å². The van der Waals surface area contributed by atoms with E-state index in [2.05, 4.69) is 52.7 Å². The molecule has 0 bridgehead atoms. The molecule has 0 fully saturated rings. The van der Waals surface area contributed by atoms with Crippen molar-refractivity contribution in [3.05, 3.63) is 29.3 Å². The van der Waals surface area contributed by atoms with Gasteiger partial charge in [-0.2, -0.15) is 0 Å². The first-order valence-electron chi connectivity index (χ1n) is 8.02. The Morgan fingerprint density at radius 3 is 2.86 bits per heavy atom. The van der Waals surface area contributed by atoms with E-state index in [-0.39, 0.29) is 24.0 Å². The molecule has 0 spiro atoms. The van der Waals surface area contributed by atoms with E-state index in [4.69, 9.17) is 0 Å². The lowest BCUT2D eigenvalue weighted by Gasteiger charge is -2.28. The molecule has 22 heavy (non-hydrogen) atoms. The minimum atomic E-state index is 0. The van der Waals surface area contributed by atoms with Gasteiger partial charge in [0.05, 0.1) is 0 Å². The molecule has 0 saturated carbocycles. The topological polar surface area (TPSA) is 39.7 Å². The highest BCUT2D eigenvalue weighted by atomic mass is 127. The van der Waals surface area contributed by atoms with Crippen molar-refractivity contribution in [2.75, 3.05) is 32.1 Å². The lowest BCUT2D eigenvalue weighted by Crippen LogP contribution is -2.37. The van der Waals surface area contributed by atoms with Crippen LogP contribution in [0.15, 0.2) is 23.2 Å². The minimum Gasteiger partial charge on any atom is -0.374 e. The Labute approximate surface area is 151 Å². The Morgan fingerprint density at radius 1 is 1.32 bits per heavy atom. The maximum atomic E-state index is 4.26. The number of nitrogens with zero attached hydrogens (tertiary/aromatic N) is 2. The highest BCUT2D eigenvalue weighted by Gasteiger charge is 2.13. The summed E-state index contributed by atoms with van der Waals surface area (Å²) in [5, 5.41) is 6.73. The van der Waals surface area contributed by atoms with Crippen molar-refractivity contribution in [2.24, 2.45) is 4.99 Å². The van der Waals surface area contributed by atoms with Crippen LogP contribution in [0.3, 0.4) is 0 Å². The normalized spacial score (nSPS) is 14.1. The molecule has 0 radical (unpaired) electrons. The summed E-state index contributed by atoms with van der Waals surface area (Å²) >= 11 is 0. The Kier molecular flexibility index (Phi) is 8.60. The van der Waals surface area contributed by atoms with Crippen LogP contribution in [0.5, 0.6) is 0 Å². The number of rotatable bonds is 5. The summed E-state index contributed by atoms with van der Waals surface area (Å²) in [6, 6.07) is 6.79. The van der Waals surface area contributed by atoms with E-state index in [9.17, 15) is 0 Å². The molecular formula is C17H29IN4. The van der Waals surface area contributed by atoms with E-state index in [0.29, 0.717) is 0 Å². The lowest BCUT2D eigenvalue weighted by atomic mass is 9.99. The van der Waals surface area contributed by atoms with Crippen LogP contribution in [0.4, 0.5) is 5.69 Å². The SMILES string of the molecule is CCCCNC(=NC)NCc1ccc2c(c1)CCCN2C.I. The number of guanidine groups is 1. The Balaban J connectivity index is 0.00000242. The lowest BCUT2D eigenvalue weighted by molar-refractivity contribution is 0.725. The molecule has 1 aromatic rings. The smallest absolute Gasteiger partial charge is 0.191 e. The predicted molar refractivity (Wildman–Crippen MR) is 107 cm³/mol. The van der Waals surface area contributed by atoms with Gasteiger partial charge < -0.3 is 15.5 Å². The van der Waals surface area contributed by atoms with E-state index in [1.807, 2.05) is 7.05 Å². The number of aryl methyl sites for hydroxylation is 1. The Morgan fingerprint density at radius 2 is 2.14 bits per heavy atom. The molecule has 0 aromatic heterocycles. The second-order valence-electron chi connectivity index (χ2n) is 5.69. The fraction of sp³-hybridized carbons (Fsp3) is 0.588. The van der Waals surface area contributed by atoms with Gasteiger partial charge in [-0.15, -0.1) is 24.0 Å². The van der Waals surface area contributed by atoms with E-state index in [1.54, 1.807) is 0 Å². The molecule has 0 atom stereocenters. The number of hydrogen-bond donors (Lipinski definition) is 2. The zero-order valence-electron chi connectivity index (χ0n) is 14.0. The Bertz CT molecular complexity index is 488. The molecule has 2 N–H and O–H groups in total. The fourth-order valence-electron chi connectivity index (χ4n) is 2.74. The number of anilines is 1. The van der Waals surface area contributed by atoms with Gasteiger partial charge in [0.2, 0.25) is 0 Å². The summed E-state index contributed by atoms with van der Waals surface area (Å²) in [7, 11) is 4.00. The predicted octanol–water partition coefficient (Wildman–Crippen LogP) is 3.15. The highest BCUT2D eigenvalue weighted by molar-refractivity contribution is 14.0. The number of nitrogens with one attached hydrogen (secondary N) is 2. The summed E-state index contributed by atoms with van der Waals surface area (Å²) in [6.07, 6.45) is 4.81. The molecule has 124 valence electrons. The van der Waals surface area contributed by atoms with E-state index in [1.165, 1.54) is 49.0 Å². The first-order chi connectivity index (χ1) is 10.2. The molecule has 0 unspecified atom stereocenters. The molecular weight excluding hydrogens is 387 g/mol. The minimum absolute atomic E-state index is 0. The van der Waals surface area contributed by atoms with Gasteiger partial charge in [0.1, 0.15) is 0 Å². The fourth-order valence-corrected chi connectivity index (χ4v) is 2.74. The molecule has 1 heterocycles. The van der Waals surface area contributed by atoms with Crippen molar-refractivity contribution in [1.82, 2.24) is 10.6 Å². The largest absolute Gasteiger partial charge is 0.374 e. The molecule has 0 saturated heterocycles. The second-order valence-corrected chi connectivity index (χ2v) is 5.69. The first kappa shape index (κ1) is 19.1. The molecule has 0 amide bonds. The number of aliphatic imine (C=N–C) groups is 1. The molecule has 0 aliphatic carbocycles. The molecule has 2 rings (SSSR count). The number of benzene rings is 1. The van der Waals surface area contributed by atoms with E-state index >= 15 is 0 Å². The van der Waals surface area contributed by atoms with Crippen LogP contribution in [-0.2, 0) is 13.0 Å². The zero-order valence-corrected chi connectivity index (χ0v) is 16.3.